The number of aromatic nitrogens is 2. The van der Waals surface area contributed by atoms with Crippen LogP contribution >= 0.6 is 11.6 Å². The fourth-order valence-corrected chi connectivity index (χ4v) is 3.14. The highest BCUT2D eigenvalue weighted by Gasteiger charge is 2.15. The number of hydrogen-bond acceptors (Lipinski definition) is 3. The van der Waals surface area contributed by atoms with Gasteiger partial charge in [-0.15, -0.1) is 0 Å². The Morgan fingerprint density at radius 3 is 2.54 bits per heavy atom. The summed E-state index contributed by atoms with van der Waals surface area (Å²) in [7, 11) is 1.87. The third-order valence-corrected chi connectivity index (χ3v) is 5.04. The van der Waals surface area contributed by atoms with Gasteiger partial charge in [0.15, 0.2) is 0 Å². The summed E-state index contributed by atoms with van der Waals surface area (Å²) in [6, 6.07) is 12.9. The van der Waals surface area contributed by atoms with Crippen LogP contribution in [0.4, 0.5) is 0 Å². The summed E-state index contributed by atoms with van der Waals surface area (Å²) in [5, 5.41) is 8.06. The summed E-state index contributed by atoms with van der Waals surface area (Å²) in [4.78, 5) is 12.5. The second-order valence-electron chi connectivity index (χ2n) is 6.94. The van der Waals surface area contributed by atoms with E-state index in [1.807, 2.05) is 76.5 Å². The maximum atomic E-state index is 12.5. The number of hydrogen-bond donors (Lipinski definition) is 1. The molecule has 0 aliphatic heterocycles. The molecule has 0 aliphatic rings. The van der Waals surface area contributed by atoms with Gasteiger partial charge in [0.05, 0.1) is 11.7 Å². The average Bonchev–Trinajstić information content (AvgIpc) is 3.01. The molecule has 1 heterocycles. The van der Waals surface area contributed by atoms with Crippen LogP contribution in [0.1, 0.15) is 45.7 Å². The maximum absolute atomic E-state index is 12.5. The molecule has 28 heavy (non-hydrogen) atoms. The zero-order valence-electron chi connectivity index (χ0n) is 16.5. The van der Waals surface area contributed by atoms with Gasteiger partial charge >= 0.3 is 0 Å². The van der Waals surface area contributed by atoms with Crippen LogP contribution in [0, 0.1) is 13.8 Å². The van der Waals surface area contributed by atoms with Crippen LogP contribution in [0.2, 0.25) is 5.02 Å². The fraction of sp³-hybridized carbons (Fsp3) is 0.273. The first-order valence-electron chi connectivity index (χ1n) is 9.12. The lowest BCUT2D eigenvalue weighted by molar-refractivity contribution is 0.0939. The number of carbonyl (C=O) groups is 1. The number of ether oxygens (including phenoxy) is 1. The van der Waals surface area contributed by atoms with Crippen molar-refractivity contribution in [3.63, 3.8) is 0 Å². The van der Waals surface area contributed by atoms with Gasteiger partial charge in [0.1, 0.15) is 12.4 Å². The lowest BCUT2D eigenvalue weighted by Gasteiger charge is -2.13. The number of benzene rings is 2. The summed E-state index contributed by atoms with van der Waals surface area (Å²) in [6.45, 7) is 6.26. The molecular formula is C22H24ClN3O2. The number of carbonyl (C=O) groups excluding carboxylic acids is 1. The summed E-state index contributed by atoms with van der Waals surface area (Å²) in [5.74, 6) is 0.654. The average molecular weight is 398 g/mol. The van der Waals surface area contributed by atoms with Gasteiger partial charge in [-0.3, -0.25) is 9.48 Å². The molecule has 0 spiro atoms. The Balaban J connectivity index is 1.59. The van der Waals surface area contributed by atoms with Crippen molar-refractivity contribution in [1.29, 1.82) is 0 Å². The van der Waals surface area contributed by atoms with Gasteiger partial charge in [0.25, 0.3) is 5.91 Å². The molecule has 0 saturated carbocycles. The monoisotopic (exact) mass is 397 g/mol. The predicted molar refractivity (Wildman–Crippen MR) is 111 cm³/mol. The standard InChI is InChI=1S/C22H24ClN3O2/c1-14-11-19(9-10-21(14)23)28-13-17-5-7-18(8-6-17)22(27)24-15(2)20-12-26(4)25-16(20)3/h5-12,15H,13H2,1-4H3,(H,24,27). The van der Waals surface area contributed by atoms with Gasteiger partial charge in [-0.2, -0.15) is 5.10 Å². The Hall–Kier alpha value is -2.79. The Bertz CT molecular complexity index is 980. The van der Waals surface area contributed by atoms with Crippen molar-refractivity contribution >= 4 is 17.5 Å². The zero-order valence-corrected chi connectivity index (χ0v) is 17.2. The lowest BCUT2D eigenvalue weighted by Crippen LogP contribution is -2.26. The first kappa shape index (κ1) is 20.0. The van der Waals surface area contributed by atoms with Gasteiger partial charge in [0, 0.05) is 29.4 Å². The van der Waals surface area contributed by atoms with E-state index in [9.17, 15) is 4.79 Å². The topological polar surface area (TPSA) is 56.1 Å². The highest BCUT2D eigenvalue weighted by molar-refractivity contribution is 6.31. The van der Waals surface area contributed by atoms with Crippen LogP contribution in [0.5, 0.6) is 5.75 Å². The van der Waals surface area contributed by atoms with E-state index >= 15 is 0 Å². The van der Waals surface area contributed by atoms with Crippen molar-refractivity contribution < 1.29 is 9.53 Å². The quantitative estimate of drug-likeness (QED) is 0.652. The molecule has 0 aliphatic carbocycles. The van der Waals surface area contributed by atoms with Crippen molar-refractivity contribution in [2.75, 3.05) is 0 Å². The second-order valence-corrected chi connectivity index (χ2v) is 7.34. The molecule has 1 aromatic heterocycles. The molecule has 0 fully saturated rings. The van der Waals surface area contributed by atoms with E-state index in [0.29, 0.717) is 12.2 Å². The van der Waals surface area contributed by atoms with Crippen LogP contribution < -0.4 is 10.1 Å². The van der Waals surface area contributed by atoms with Crippen LogP contribution in [-0.4, -0.2) is 15.7 Å². The molecule has 0 radical (unpaired) electrons. The molecule has 146 valence electrons. The Morgan fingerprint density at radius 2 is 1.93 bits per heavy atom. The highest BCUT2D eigenvalue weighted by Crippen LogP contribution is 2.22. The van der Waals surface area contributed by atoms with Gasteiger partial charge in [-0.1, -0.05) is 23.7 Å². The van der Waals surface area contributed by atoms with Crippen LogP contribution in [-0.2, 0) is 13.7 Å². The smallest absolute Gasteiger partial charge is 0.251 e. The normalized spacial score (nSPS) is 11.9. The van der Waals surface area contributed by atoms with Gasteiger partial charge in [0.2, 0.25) is 0 Å². The van der Waals surface area contributed by atoms with Crippen LogP contribution in [0.25, 0.3) is 0 Å². The van der Waals surface area contributed by atoms with Crippen molar-refractivity contribution in [2.24, 2.45) is 7.05 Å². The Morgan fingerprint density at radius 1 is 1.21 bits per heavy atom. The van der Waals surface area contributed by atoms with E-state index in [4.69, 9.17) is 16.3 Å². The van der Waals surface area contributed by atoms with Crippen molar-refractivity contribution in [3.8, 4) is 5.75 Å². The number of aryl methyl sites for hydroxylation is 3. The van der Waals surface area contributed by atoms with Gasteiger partial charge in [-0.05, 0) is 62.2 Å². The summed E-state index contributed by atoms with van der Waals surface area (Å²) in [5.41, 5.74) is 4.50. The molecule has 1 amide bonds. The van der Waals surface area contributed by atoms with E-state index in [-0.39, 0.29) is 11.9 Å². The number of nitrogens with zero attached hydrogens (tertiary/aromatic N) is 2. The maximum Gasteiger partial charge on any atom is 0.251 e. The minimum Gasteiger partial charge on any atom is -0.489 e. The van der Waals surface area contributed by atoms with Crippen molar-refractivity contribution in [3.05, 3.63) is 81.6 Å². The Kier molecular flexibility index (Phi) is 6.05. The zero-order chi connectivity index (χ0) is 20.3. The van der Waals surface area contributed by atoms with Gasteiger partial charge < -0.3 is 10.1 Å². The third-order valence-electron chi connectivity index (χ3n) is 4.62. The number of halogens is 1. The SMILES string of the molecule is Cc1cc(OCc2ccc(C(=O)NC(C)c3cn(C)nc3C)cc2)ccc1Cl. The molecule has 1 N–H and O–H groups in total. The molecule has 0 saturated heterocycles. The largest absolute Gasteiger partial charge is 0.489 e. The first-order valence-corrected chi connectivity index (χ1v) is 9.50. The van der Waals surface area contributed by atoms with Crippen molar-refractivity contribution in [2.45, 2.75) is 33.4 Å². The van der Waals surface area contributed by atoms with Crippen LogP contribution in [0.15, 0.2) is 48.7 Å². The molecule has 1 unspecified atom stereocenters. The molecular weight excluding hydrogens is 374 g/mol. The molecule has 3 rings (SSSR count). The molecule has 5 nitrogen and oxygen atoms in total. The van der Waals surface area contributed by atoms with E-state index in [1.54, 1.807) is 4.68 Å². The first-order chi connectivity index (χ1) is 13.3. The summed E-state index contributed by atoms with van der Waals surface area (Å²) in [6.07, 6.45) is 1.93. The number of amides is 1. The van der Waals surface area contributed by atoms with E-state index < -0.39 is 0 Å². The second kappa shape index (κ2) is 8.48. The molecule has 1 atom stereocenters. The molecule has 2 aromatic carbocycles. The van der Waals surface area contributed by atoms with Crippen molar-refractivity contribution in [1.82, 2.24) is 15.1 Å². The lowest BCUT2D eigenvalue weighted by atomic mass is 10.1. The minimum absolute atomic E-state index is 0.114. The molecule has 6 heteroatoms. The number of rotatable bonds is 6. The highest BCUT2D eigenvalue weighted by atomic mass is 35.5. The Labute approximate surface area is 170 Å². The fourth-order valence-electron chi connectivity index (χ4n) is 3.03. The van der Waals surface area contributed by atoms with E-state index in [0.717, 1.165) is 33.2 Å². The third kappa shape index (κ3) is 4.73. The minimum atomic E-state index is -0.114. The summed E-state index contributed by atoms with van der Waals surface area (Å²) >= 11 is 6.03. The number of nitrogens with one attached hydrogen (secondary N) is 1. The van der Waals surface area contributed by atoms with E-state index in [1.165, 1.54) is 0 Å². The predicted octanol–water partition coefficient (Wildman–Crippen LogP) is 4.76. The molecule has 3 aromatic rings. The van der Waals surface area contributed by atoms with Crippen LogP contribution in [0.3, 0.4) is 0 Å². The van der Waals surface area contributed by atoms with Gasteiger partial charge in [-0.25, -0.2) is 0 Å². The van der Waals surface area contributed by atoms with E-state index in [2.05, 4.69) is 10.4 Å². The molecule has 0 bridgehead atoms. The summed E-state index contributed by atoms with van der Waals surface area (Å²) < 4.78 is 7.55.